The number of aliphatic hydroxyl groups excluding tert-OH is 1. The van der Waals surface area contributed by atoms with Crippen molar-refractivity contribution in [3.05, 3.63) is 29.8 Å². The molecule has 2 atom stereocenters. The van der Waals surface area contributed by atoms with Crippen molar-refractivity contribution in [1.29, 1.82) is 0 Å². The average molecular weight is 280 g/mol. The van der Waals surface area contributed by atoms with Gasteiger partial charge in [0.25, 0.3) is 0 Å². The molecule has 112 valence electrons. The maximum atomic E-state index is 9.20. The van der Waals surface area contributed by atoms with Crippen LogP contribution in [0.5, 0.6) is 5.75 Å². The number of para-hydroxylation sites is 1. The Bertz CT molecular complexity index is 414. The minimum Gasteiger partial charge on any atom is -0.492 e. The highest BCUT2D eigenvalue weighted by Crippen LogP contribution is 2.17. The largest absolute Gasteiger partial charge is 0.492 e. The molecule has 5 nitrogen and oxygen atoms in total. The minimum absolute atomic E-state index is 0.0672. The van der Waals surface area contributed by atoms with Gasteiger partial charge in [-0.25, -0.2) is 0 Å². The van der Waals surface area contributed by atoms with E-state index >= 15 is 0 Å². The summed E-state index contributed by atoms with van der Waals surface area (Å²) in [5.41, 5.74) is 6.71. The first-order valence-corrected chi connectivity index (χ1v) is 7.12. The monoisotopic (exact) mass is 280 g/mol. The summed E-state index contributed by atoms with van der Waals surface area (Å²) in [6, 6.07) is 7.84. The number of morpholine rings is 1. The van der Waals surface area contributed by atoms with Crippen molar-refractivity contribution in [2.45, 2.75) is 25.7 Å². The third-order valence-electron chi connectivity index (χ3n) is 3.46. The van der Waals surface area contributed by atoms with E-state index in [9.17, 15) is 5.11 Å². The molecule has 2 rings (SSSR count). The van der Waals surface area contributed by atoms with Gasteiger partial charge in [-0.15, -0.1) is 0 Å². The van der Waals surface area contributed by atoms with Crippen LogP contribution in [0.2, 0.25) is 0 Å². The van der Waals surface area contributed by atoms with Gasteiger partial charge in [-0.3, -0.25) is 4.90 Å². The van der Waals surface area contributed by atoms with Crippen LogP contribution in [0.1, 0.15) is 12.5 Å². The molecule has 1 aromatic rings. The van der Waals surface area contributed by atoms with E-state index < -0.39 is 0 Å². The van der Waals surface area contributed by atoms with Crippen molar-refractivity contribution in [2.24, 2.45) is 5.73 Å². The quantitative estimate of drug-likeness (QED) is 0.799. The Morgan fingerprint density at radius 1 is 1.40 bits per heavy atom. The SMILES string of the molecule is CC1CN(CCOc2ccccc2CN)CC(CO)O1. The third kappa shape index (κ3) is 4.18. The lowest BCUT2D eigenvalue weighted by Gasteiger charge is -2.35. The Balaban J connectivity index is 1.80. The van der Waals surface area contributed by atoms with Gasteiger partial charge < -0.3 is 20.3 Å². The van der Waals surface area contributed by atoms with Crippen LogP contribution in [0, 0.1) is 0 Å². The normalized spacial score (nSPS) is 23.8. The van der Waals surface area contributed by atoms with Gasteiger partial charge in [0.05, 0.1) is 18.8 Å². The molecule has 20 heavy (non-hydrogen) atoms. The first kappa shape index (κ1) is 15.3. The number of hydrogen-bond acceptors (Lipinski definition) is 5. The number of ether oxygens (including phenoxy) is 2. The summed E-state index contributed by atoms with van der Waals surface area (Å²) in [5, 5.41) is 9.20. The van der Waals surface area contributed by atoms with Gasteiger partial charge in [0.2, 0.25) is 0 Å². The van der Waals surface area contributed by atoms with Crippen molar-refractivity contribution >= 4 is 0 Å². The zero-order valence-electron chi connectivity index (χ0n) is 12.0. The fraction of sp³-hybridized carbons (Fsp3) is 0.600. The summed E-state index contributed by atoms with van der Waals surface area (Å²) in [5.74, 6) is 0.856. The van der Waals surface area contributed by atoms with Crippen molar-refractivity contribution in [1.82, 2.24) is 4.90 Å². The Kier molecular flexibility index (Phi) is 5.79. The molecule has 1 heterocycles. The second kappa shape index (κ2) is 7.59. The highest BCUT2D eigenvalue weighted by atomic mass is 16.5. The van der Waals surface area contributed by atoms with Crippen LogP contribution in [-0.4, -0.2) is 55.1 Å². The van der Waals surface area contributed by atoms with Crippen LogP contribution in [-0.2, 0) is 11.3 Å². The Hall–Kier alpha value is -1.14. The van der Waals surface area contributed by atoms with E-state index in [-0.39, 0.29) is 18.8 Å². The number of nitrogens with zero attached hydrogens (tertiary/aromatic N) is 1. The van der Waals surface area contributed by atoms with Crippen LogP contribution in [0.25, 0.3) is 0 Å². The summed E-state index contributed by atoms with van der Waals surface area (Å²) in [6.07, 6.45) is 0.0623. The summed E-state index contributed by atoms with van der Waals surface area (Å²) < 4.78 is 11.4. The summed E-state index contributed by atoms with van der Waals surface area (Å²) in [7, 11) is 0. The van der Waals surface area contributed by atoms with Crippen LogP contribution < -0.4 is 10.5 Å². The van der Waals surface area contributed by atoms with Crippen molar-refractivity contribution < 1.29 is 14.6 Å². The predicted molar refractivity (Wildman–Crippen MR) is 77.7 cm³/mol. The second-order valence-electron chi connectivity index (χ2n) is 5.17. The van der Waals surface area contributed by atoms with Crippen molar-refractivity contribution in [3.8, 4) is 5.75 Å². The van der Waals surface area contributed by atoms with E-state index in [0.717, 1.165) is 30.9 Å². The molecule has 0 aromatic heterocycles. The lowest BCUT2D eigenvalue weighted by Crippen LogP contribution is -2.49. The Labute approximate surface area is 120 Å². The smallest absolute Gasteiger partial charge is 0.123 e. The van der Waals surface area contributed by atoms with Gasteiger partial charge in [-0.1, -0.05) is 18.2 Å². The van der Waals surface area contributed by atoms with Crippen molar-refractivity contribution in [3.63, 3.8) is 0 Å². The number of rotatable bonds is 6. The third-order valence-corrected chi connectivity index (χ3v) is 3.46. The number of benzene rings is 1. The highest BCUT2D eigenvalue weighted by molar-refractivity contribution is 5.32. The maximum absolute atomic E-state index is 9.20. The molecule has 0 saturated carbocycles. The Morgan fingerprint density at radius 3 is 2.95 bits per heavy atom. The summed E-state index contributed by atoms with van der Waals surface area (Å²) >= 11 is 0. The van der Waals surface area contributed by atoms with E-state index in [1.165, 1.54) is 0 Å². The second-order valence-corrected chi connectivity index (χ2v) is 5.17. The Morgan fingerprint density at radius 2 is 2.20 bits per heavy atom. The average Bonchev–Trinajstić information content (AvgIpc) is 2.47. The molecule has 0 spiro atoms. The molecule has 0 amide bonds. The van der Waals surface area contributed by atoms with Gasteiger partial charge in [0.15, 0.2) is 0 Å². The van der Waals surface area contributed by atoms with E-state index in [0.29, 0.717) is 13.2 Å². The molecule has 5 heteroatoms. The maximum Gasteiger partial charge on any atom is 0.123 e. The molecular formula is C15H24N2O3. The van der Waals surface area contributed by atoms with E-state index in [4.69, 9.17) is 15.2 Å². The lowest BCUT2D eigenvalue weighted by atomic mass is 10.2. The minimum atomic E-state index is -0.0879. The van der Waals surface area contributed by atoms with E-state index in [2.05, 4.69) is 4.90 Å². The summed E-state index contributed by atoms with van der Waals surface area (Å²) in [4.78, 5) is 2.26. The van der Waals surface area contributed by atoms with Crippen LogP contribution >= 0.6 is 0 Å². The molecule has 0 bridgehead atoms. The first-order chi connectivity index (χ1) is 9.72. The van der Waals surface area contributed by atoms with E-state index in [1.807, 2.05) is 31.2 Å². The molecule has 2 unspecified atom stereocenters. The number of hydrogen-bond donors (Lipinski definition) is 2. The van der Waals surface area contributed by atoms with Gasteiger partial charge in [-0.2, -0.15) is 0 Å². The molecule has 1 fully saturated rings. The molecule has 1 aromatic carbocycles. The fourth-order valence-electron chi connectivity index (χ4n) is 2.52. The molecule has 1 aliphatic heterocycles. The molecule has 3 N–H and O–H groups in total. The molecular weight excluding hydrogens is 256 g/mol. The van der Waals surface area contributed by atoms with Gasteiger partial charge >= 0.3 is 0 Å². The van der Waals surface area contributed by atoms with Crippen LogP contribution in [0.15, 0.2) is 24.3 Å². The summed E-state index contributed by atoms with van der Waals surface area (Å²) in [6.45, 7) is 5.64. The molecule has 1 aliphatic rings. The topological polar surface area (TPSA) is 68.0 Å². The number of nitrogens with two attached hydrogens (primary N) is 1. The highest BCUT2D eigenvalue weighted by Gasteiger charge is 2.24. The van der Waals surface area contributed by atoms with Gasteiger partial charge in [-0.05, 0) is 13.0 Å². The zero-order chi connectivity index (χ0) is 14.4. The van der Waals surface area contributed by atoms with Crippen LogP contribution in [0.4, 0.5) is 0 Å². The first-order valence-electron chi connectivity index (χ1n) is 7.12. The molecule has 0 aliphatic carbocycles. The van der Waals surface area contributed by atoms with E-state index in [1.54, 1.807) is 0 Å². The zero-order valence-corrected chi connectivity index (χ0v) is 12.0. The fourth-order valence-corrected chi connectivity index (χ4v) is 2.52. The van der Waals surface area contributed by atoms with Crippen molar-refractivity contribution in [2.75, 3.05) is 32.8 Å². The van der Waals surface area contributed by atoms with Gasteiger partial charge in [0, 0.05) is 31.7 Å². The molecule has 0 radical (unpaired) electrons. The van der Waals surface area contributed by atoms with Gasteiger partial charge in [0.1, 0.15) is 12.4 Å². The predicted octanol–water partition coefficient (Wildman–Crippen LogP) is 0.606. The lowest BCUT2D eigenvalue weighted by molar-refractivity contribution is -0.0965. The molecule has 1 saturated heterocycles. The van der Waals surface area contributed by atoms with Crippen LogP contribution in [0.3, 0.4) is 0 Å². The number of aliphatic hydroxyl groups is 1. The standard InChI is InChI=1S/C15H24N2O3/c1-12-9-17(10-14(11-18)20-12)6-7-19-15-5-3-2-4-13(15)8-16/h2-5,12,14,18H,6-11,16H2,1H3.